The van der Waals surface area contributed by atoms with E-state index in [0.717, 1.165) is 37.4 Å². The maximum absolute atomic E-state index is 8.68. The maximum atomic E-state index is 8.68. The first kappa shape index (κ1) is 20.0. The second-order valence-electron chi connectivity index (χ2n) is 5.68. The molecular weight excluding hydrogens is 359 g/mol. The molecule has 0 fully saturated rings. The Morgan fingerprint density at radius 2 is 1.80 bits per heavy atom. The van der Waals surface area contributed by atoms with Crippen LogP contribution in [0.15, 0.2) is 42.5 Å². The van der Waals surface area contributed by atoms with E-state index in [1.54, 1.807) is 6.07 Å². The molecule has 0 radical (unpaired) electrons. The predicted octanol–water partition coefficient (Wildman–Crippen LogP) is 3.63. The molecule has 0 atom stereocenters. The number of aliphatic hydroxyl groups excluding tert-OH is 1. The molecule has 0 aliphatic carbocycles. The largest absolute Gasteiger partial charge is 0.489 e. The molecule has 0 unspecified atom stereocenters. The van der Waals surface area contributed by atoms with Crippen molar-refractivity contribution in [3.63, 3.8) is 0 Å². The van der Waals surface area contributed by atoms with Gasteiger partial charge >= 0.3 is 0 Å². The lowest BCUT2D eigenvalue weighted by atomic mass is 10.2. The highest BCUT2D eigenvalue weighted by atomic mass is 35.5. The highest BCUT2D eigenvalue weighted by Crippen LogP contribution is 2.23. The van der Waals surface area contributed by atoms with Gasteiger partial charge in [-0.2, -0.15) is 0 Å². The summed E-state index contributed by atoms with van der Waals surface area (Å²) in [6.07, 6.45) is 1.02. The summed E-state index contributed by atoms with van der Waals surface area (Å²) >= 11 is 12.1. The second kappa shape index (κ2) is 11.3. The van der Waals surface area contributed by atoms with E-state index in [9.17, 15) is 0 Å². The molecular formula is C19H24Cl2N2O2. The summed E-state index contributed by atoms with van der Waals surface area (Å²) in [7, 11) is 0. The average molecular weight is 383 g/mol. The molecule has 0 spiro atoms. The van der Waals surface area contributed by atoms with E-state index in [2.05, 4.69) is 16.7 Å². The monoisotopic (exact) mass is 382 g/mol. The summed E-state index contributed by atoms with van der Waals surface area (Å²) in [6, 6.07) is 13.4. The fraction of sp³-hybridized carbons (Fsp3) is 0.368. The van der Waals surface area contributed by atoms with Crippen molar-refractivity contribution in [2.75, 3.05) is 26.2 Å². The third-order valence-corrected chi connectivity index (χ3v) is 4.22. The van der Waals surface area contributed by atoms with Crippen molar-refractivity contribution in [2.24, 2.45) is 0 Å². The van der Waals surface area contributed by atoms with Gasteiger partial charge in [0, 0.05) is 28.7 Å². The van der Waals surface area contributed by atoms with Crippen LogP contribution < -0.4 is 15.4 Å². The third-order valence-electron chi connectivity index (χ3n) is 3.63. The van der Waals surface area contributed by atoms with Crippen LogP contribution in [-0.2, 0) is 13.2 Å². The minimum atomic E-state index is 0.182. The van der Waals surface area contributed by atoms with Crippen LogP contribution in [0.3, 0.4) is 0 Å². The van der Waals surface area contributed by atoms with Gasteiger partial charge in [-0.15, -0.1) is 0 Å². The second-order valence-corrected chi connectivity index (χ2v) is 6.52. The lowest BCUT2D eigenvalue weighted by molar-refractivity contribution is 0.292. The zero-order valence-electron chi connectivity index (χ0n) is 14.1. The summed E-state index contributed by atoms with van der Waals surface area (Å²) in [6.45, 7) is 3.85. The number of hydrogen-bond donors (Lipinski definition) is 3. The van der Waals surface area contributed by atoms with E-state index in [-0.39, 0.29) is 6.61 Å². The zero-order chi connectivity index (χ0) is 17.9. The van der Waals surface area contributed by atoms with Gasteiger partial charge < -0.3 is 20.5 Å². The highest BCUT2D eigenvalue weighted by molar-refractivity contribution is 6.35. The fourth-order valence-electron chi connectivity index (χ4n) is 2.32. The molecule has 3 N–H and O–H groups in total. The van der Waals surface area contributed by atoms with E-state index in [4.69, 9.17) is 33.0 Å². The van der Waals surface area contributed by atoms with E-state index in [0.29, 0.717) is 23.2 Å². The molecule has 0 saturated carbocycles. The van der Waals surface area contributed by atoms with Gasteiger partial charge in [-0.05, 0) is 49.3 Å². The van der Waals surface area contributed by atoms with Crippen LogP contribution in [0.4, 0.5) is 0 Å². The van der Waals surface area contributed by atoms with Crippen LogP contribution >= 0.6 is 23.2 Å². The Balaban J connectivity index is 1.75. The normalized spacial score (nSPS) is 10.8. The first-order chi connectivity index (χ1) is 12.2. The molecule has 0 aliphatic heterocycles. The molecule has 0 bridgehead atoms. The SMILES string of the molecule is OCCNCCCNCc1cccc(OCc2ccc(Cl)cc2Cl)c1. The molecule has 0 saturated heterocycles. The van der Waals surface area contributed by atoms with Crippen LogP contribution in [0.1, 0.15) is 17.5 Å². The number of halogens is 2. The third kappa shape index (κ3) is 7.63. The van der Waals surface area contributed by atoms with Gasteiger partial charge in [0.15, 0.2) is 0 Å². The van der Waals surface area contributed by atoms with Gasteiger partial charge in [0.05, 0.1) is 6.61 Å². The predicted molar refractivity (Wildman–Crippen MR) is 104 cm³/mol. The quantitative estimate of drug-likeness (QED) is 0.519. The van der Waals surface area contributed by atoms with Gasteiger partial charge in [-0.1, -0.05) is 41.4 Å². The molecule has 4 nitrogen and oxygen atoms in total. The summed E-state index contributed by atoms with van der Waals surface area (Å²) < 4.78 is 5.84. The van der Waals surface area contributed by atoms with Crippen LogP contribution in [0.25, 0.3) is 0 Å². The standard InChI is InChI=1S/C19H24Cl2N2O2/c20-17-6-5-16(19(21)12-17)14-25-18-4-1-3-15(11-18)13-23-8-2-7-22-9-10-24/h1,3-6,11-12,22-24H,2,7-10,13-14H2. The van der Waals surface area contributed by atoms with Crippen LogP contribution in [0.5, 0.6) is 5.75 Å². The Hall–Kier alpha value is -1.30. The summed E-state index contributed by atoms with van der Waals surface area (Å²) in [5, 5.41) is 16.5. The Morgan fingerprint density at radius 3 is 2.60 bits per heavy atom. The summed E-state index contributed by atoms with van der Waals surface area (Å²) in [4.78, 5) is 0. The molecule has 2 aromatic carbocycles. The van der Waals surface area contributed by atoms with E-state index in [1.807, 2.05) is 30.3 Å². The lowest BCUT2D eigenvalue weighted by Crippen LogP contribution is -2.23. The first-order valence-corrected chi connectivity index (χ1v) is 9.12. The van der Waals surface area contributed by atoms with Gasteiger partial charge in [0.1, 0.15) is 12.4 Å². The number of aliphatic hydroxyl groups is 1. The Bertz CT molecular complexity index is 653. The number of ether oxygens (including phenoxy) is 1. The summed E-state index contributed by atoms with van der Waals surface area (Å²) in [5.41, 5.74) is 2.08. The van der Waals surface area contributed by atoms with Crippen molar-refractivity contribution in [3.8, 4) is 5.75 Å². The fourth-order valence-corrected chi connectivity index (χ4v) is 2.78. The van der Waals surface area contributed by atoms with Crippen molar-refractivity contribution in [2.45, 2.75) is 19.6 Å². The van der Waals surface area contributed by atoms with E-state index in [1.165, 1.54) is 5.56 Å². The zero-order valence-corrected chi connectivity index (χ0v) is 15.6. The molecule has 0 amide bonds. The van der Waals surface area contributed by atoms with Crippen molar-refractivity contribution in [1.29, 1.82) is 0 Å². The van der Waals surface area contributed by atoms with E-state index >= 15 is 0 Å². The Morgan fingerprint density at radius 1 is 0.960 bits per heavy atom. The van der Waals surface area contributed by atoms with E-state index < -0.39 is 0 Å². The molecule has 0 aliphatic rings. The number of benzene rings is 2. The van der Waals surface area contributed by atoms with Crippen molar-refractivity contribution >= 4 is 23.2 Å². The first-order valence-electron chi connectivity index (χ1n) is 8.37. The number of nitrogens with one attached hydrogen (secondary N) is 2. The minimum Gasteiger partial charge on any atom is -0.489 e. The maximum Gasteiger partial charge on any atom is 0.120 e. The van der Waals surface area contributed by atoms with Crippen LogP contribution in [0.2, 0.25) is 10.0 Å². The Labute approximate surface area is 159 Å². The lowest BCUT2D eigenvalue weighted by Gasteiger charge is -2.10. The number of hydrogen-bond acceptors (Lipinski definition) is 4. The summed E-state index contributed by atoms with van der Waals surface area (Å²) in [5.74, 6) is 0.815. The Kier molecular flexibility index (Phi) is 9.08. The molecule has 136 valence electrons. The smallest absolute Gasteiger partial charge is 0.120 e. The molecule has 0 heterocycles. The molecule has 2 aromatic rings. The molecule has 0 aromatic heterocycles. The van der Waals surface area contributed by atoms with Gasteiger partial charge in [0.2, 0.25) is 0 Å². The molecule has 25 heavy (non-hydrogen) atoms. The molecule has 6 heteroatoms. The number of rotatable bonds is 11. The van der Waals surface area contributed by atoms with Crippen molar-refractivity contribution in [1.82, 2.24) is 10.6 Å². The van der Waals surface area contributed by atoms with Crippen LogP contribution in [-0.4, -0.2) is 31.3 Å². The average Bonchev–Trinajstić information content (AvgIpc) is 2.61. The molecule has 2 rings (SSSR count). The highest BCUT2D eigenvalue weighted by Gasteiger charge is 2.03. The topological polar surface area (TPSA) is 53.5 Å². The van der Waals surface area contributed by atoms with Gasteiger partial charge in [-0.3, -0.25) is 0 Å². The van der Waals surface area contributed by atoms with Gasteiger partial charge in [0.25, 0.3) is 0 Å². The van der Waals surface area contributed by atoms with Crippen molar-refractivity contribution < 1.29 is 9.84 Å². The van der Waals surface area contributed by atoms with Gasteiger partial charge in [-0.25, -0.2) is 0 Å². The minimum absolute atomic E-state index is 0.182. The van der Waals surface area contributed by atoms with Crippen molar-refractivity contribution in [3.05, 3.63) is 63.6 Å². The van der Waals surface area contributed by atoms with Crippen LogP contribution in [0, 0.1) is 0 Å².